The molecule has 0 amide bonds. The van der Waals surface area contributed by atoms with Gasteiger partial charge >= 0.3 is 5.97 Å². The van der Waals surface area contributed by atoms with Crippen molar-refractivity contribution in [2.24, 2.45) is 0 Å². The summed E-state index contributed by atoms with van der Waals surface area (Å²) >= 11 is 0. The molecule has 0 aromatic heterocycles. The Morgan fingerprint density at radius 3 is 2.95 bits per heavy atom. The van der Waals surface area contributed by atoms with E-state index in [0.29, 0.717) is 6.61 Å². The minimum atomic E-state index is -0.275. The quantitative estimate of drug-likeness (QED) is 0.577. The van der Waals surface area contributed by atoms with E-state index in [1.54, 1.807) is 0 Å². The van der Waals surface area contributed by atoms with Gasteiger partial charge in [0.2, 0.25) is 0 Å². The third kappa shape index (κ3) is 3.63. The number of carbonyl (C=O) groups excluding carboxylic acids is 1. The first kappa shape index (κ1) is 16.0. The Morgan fingerprint density at radius 2 is 2.33 bits per heavy atom. The van der Waals surface area contributed by atoms with Gasteiger partial charge in [-0.1, -0.05) is 25.2 Å². The van der Waals surface area contributed by atoms with Crippen molar-refractivity contribution in [3.63, 3.8) is 0 Å². The molecule has 4 nitrogen and oxygen atoms in total. The van der Waals surface area contributed by atoms with Crippen molar-refractivity contribution in [3.05, 3.63) is 36.0 Å². The summed E-state index contributed by atoms with van der Waals surface area (Å²) < 4.78 is 17.1. The lowest BCUT2D eigenvalue weighted by atomic mass is 9.86. The third-order valence-corrected chi connectivity index (χ3v) is 4.13. The van der Waals surface area contributed by atoms with Crippen LogP contribution in [0.2, 0.25) is 0 Å². The van der Waals surface area contributed by atoms with Gasteiger partial charge in [0.1, 0.15) is 18.3 Å². The molecule has 0 aromatic carbocycles. The smallest absolute Gasteiger partial charge is 0.302 e. The largest absolute Gasteiger partial charge is 0.462 e. The molecule has 2 aliphatic rings. The lowest BCUT2D eigenvalue weighted by Gasteiger charge is -2.36. The van der Waals surface area contributed by atoms with Gasteiger partial charge in [0.05, 0.1) is 12.7 Å². The lowest BCUT2D eigenvalue weighted by Crippen LogP contribution is -2.43. The van der Waals surface area contributed by atoms with E-state index >= 15 is 0 Å². The maximum absolute atomic E-state index is 10.7. The number of ether oxygens (including phenoxy) is 3. The summed E-state index contributed by atoms with van der Waals surface area (Å²) in [6.07, 6.45) is 7.62. The molecule has 0 spiro atoms. The van der Waals surface area contributed by atoms with Gasteiger partial charge in [-0.15, -0.1) is 0 Å². The second-order valence-electron chi connectivity index (χ2n) is 5.71. The van der Waals surface area contributed by atoms with Crippen molar-refractivity contribution in [1.82, 2.24) is 0 Å². The van der Waals surface area contributed by atoms with Crippen LogP contribution in [0.25, 0.3) is 0 Å². The van der Waals surface area contributed by atoms with Gasteiger partial charge in [-0.05, 0) is 31.1 Å². The van der Waals surface area contributed by atoms with Crippen molar-refractivity contribution in [1.29, 1.82) is 0 Å². The van der Waals surface area contributed by atoms with E-state index in [0.717, 1.165) is 24.0 Å². The average molecular weight is 292 g/mol. The lowest BCUT2D eigenvalue weighted by molar-refractivity contribution is -0.139. The fraction of sp³-hybridized carbons (Fsp3) is 0.588. The first-order valence-corrected chi connectivity index (χ1v) is 7.43. The molecule has 0 aromatic rings. The highest BCUT2D eigenvalue weighted by atomic mass is 16.6. The molecule has 2 heterocycles. The molecular formula is C17H24O4. The van der Waals surface area contributed by atoms with Crippen LogP contribution in [0.15, 0.2) is 36.0 Å². The average Bonchev–Trinajstić information content (AvgIpc) is 2.81. The summed E-state index contributed by atoms with van der Waals surface area (Å²) in [5, 5.41) is 0. The number of fused-ring (bicyclic) bond motifs is 1. The molecule has 1 fully saturated rings. The van der Waals surface area contributed by atoms with Crippen LogP contribution in [-0.2, 0) is 19.0 Å². The van der Waals surface area contributed by atoms with Crippen LogP contribution in [0.5, 0.6) is 0 Å². The van der Waals surface area contributed by atoms with Crippen LogP contribution in [-0.4, -0.2) is 37.0 Å². The number of hydrogen-bond acceptors (Lipinski definition) is 4. The Kier molecular flexibility index (Phi) is 5.01. The Labute approximate surface area is 126 Å². The number of carbonyl (C=O) groups is 1. The zero-order chi connectivity index (χ0) is 15.5. The van der Waals surface area contributed by atoms with Gasteiger partial charge < -0.3 is 14.2 Å². The van der Waals surface area contributed by atoms with Gasteiger partial charge in [0.25, 0.3) is 0 Å². The van der Waals surface area contributed by atoms with Crippen molar-refractivity contribution >= 4 is 5.97 Å². The monoisotopic (exact) mass is 292 g/mol. The Bertz CT molecular complexity index is 477. The van der Waals surface area contributed by atoms with E-state index in [2.05, 4.69) is 19.6 Å². The number of esters is 1. The Morgan fingerprint density at radius 1 is 1.57 bits per heavy atom. The van der Waals surface area contributed by atoms with E-state index in [1.807, 2.05) is 19.1 Å². The van der Waals surface area contributed by atoms with Crippen LogP contribution in [0.3, 0.4) is 0 Å². The summed E-state index contributed by atoms with van der Waals surface area (Å²) in [5.41, 5.74) is 1.90. The van der Waals surface area contributed by atoms with Crippen LogP contribution >= 0.6 is 0 Å². The maximum atomic E-state index is 10.7. The fourth-order valence-electron chi connectivity index (χ4n) is 2.80. The van der Waals surface area contributed by atoms with Gasteiger partial charge in [0, 0.05) is 13.3 Å². The van der Waals surface area contributed by atoms with Crippen molar-refractivity contribution < 1.29 is 19.0 Å². The standard InChI is InChI=1S/C17H24O4/c1-5-17-10-15(7-6-8-19-13(4)18)21-16(17)9-14(11-20-17)12(2)3/h6-7,9,15-16H,2,5,8,10-11H2,1,3-4H3/b7-6+/t15-,16+,17+/m1/s1. The van der Waals surface area contributed by atoms with Crippen LogP contribution < -0.4 is 0 Å². The van der Waals surface area contributed by atoms with Gasteiger partial charge in [-0.25, -0.2) is 0 Å². The molecule has 0 unspecified atom stereocenters. The maximum Gasteiger partial charge on any atom is 0.302 e. The molecule has 2 rings (SSSR count). The second kappa shape index (κ2) is 6.58. The summed E-state index contributed by atoms with van der Waals surface area (Å²) in [7, 11) is 0. The molecule has 21 heavy (non-hydrogen) atoms. The molecule has 0 N–H and O–H groups in total. The third-order valence-electron chi connectivity index (χ3n) is 4.13. The SMILES string of the molecule is C=C(C)C1=C[C@@H]2O[C@H](/C=C/COC(C)=O)C[C@]2(CC)OC1. The molecule has 116 valence electrons. The molecule has 3 atom stereocenters. The first-order valence-electron chi connectivity index (χ1n) is 7.43. The number of rotatable bonds is 5. The highest BCUT2D eigenvalue weighted by Crippen LogP contribution is 2.41. The topological polar surface area (TPSA) is 44.8 Å². The van der Waals surface area contributed by atoms with Gasteiger partial charge in [0.15, 0.2) is 0 Å². The van der Waals surface area contributed by atoms with Gasteiger partial charge in [-0.2, -0.15) is 0 Å². The summed E-state index contributed by atoms with van der Waals surface area (Å²) in [5.74, 6) is -0.275. The molecule has 0 bridgehead atoms. The Hall–Kier alpha value is -1.39. The molecule has 1 saturated heterocycles. The normalized spacial score (nSPS) is 31.9. The first-order chi connectivity index (χ1) is 9.97. The van der Waals surface area contributed by atoms with E-state index in [1.165, 1.54) is 6.92 Å². The van der Waals surface area contributed by atoms with Gasteiger partial charge in [-0.3, -0.25) is 4.79 Å². The second-order valence-corrected chi connectivity index (χ2v) is 5.71. The zero-order valence-electron chi connectivity index (χ0n) is 13.1. The molecule has 0 saturated carbocycles. The highest BCUT2D eigenvalue weighted by molar-refractivity contribution is 5.65. The Balaban J connectivity index is 2.02. The summed E-state index contributed by atoms with van der Waals surface area (Å²) in [6.45, 7) is 10.4. The molecule has 2 aliphatic heterocycles. The minimum Gasteiger partial charge on any atom is -0.462 e. The molecular weight excluding hydrogens is 268 g/mol. The molecule has 0 aliphatic carbocycles. The van der Waals surface area contributed by atoms with E-state index < -0.39 is 0 Å². The summed E-state index contributed by atoms with van der Waals surface area (Å²) in [4.78, 5) is 10.7. The van der Waals surface area contributed by atoms with Crippen LogP contribution in [0.4, 0.5) is 0 Å². The minimum absolute atomic E-state index is 0.00812. The van der Waals surface area contributed by atoms with E-state index in [-0.39, 0.29) is 30.4 Å². The predicted molar refractivity (Wildman–Crippen MR) is 80.9 cm³/mol. The van der Waals surface area contributed by atoms with Crippen molar-refractivity contribution in [3.8, 4) is 0 Å². The molecule has 0 radical (unpaired) electrons. The molecule has 4 heteroatoms. The van der Waals surface area contributed by atoms with Crippen LogP contribution in [0, 0.1) is 0 Å². The number of hydrogen-bond donors (Lipinski definition) is 0. The predicted octanol–water partition coefficient (Wildman–Crippen LogP) is 2.94. The van der Waals surface area contributed by atoms with Crippen molar-refractivity contribution in [2.75, 3.05) is 13.2 Å². The van der Waals surface area contributed by atoms with Crippen LogP contribution in [0.1, 0.15) is 33.6 Å². The zero-order valence-corrected chi connectivity index (χ0v) is 13.1. The fourth-order valence-corrected chi connectivity index (χ4v) is 2.80. The van der Waals surface area contributed by atoms with Crippen molar-refractivity contribution in [2.45, 2.75) is 51.4 Å². The highest BCUT2D eigenvalue weighted by Gasteiger charge is 2.48. The summed E-state index contributed by atoms with van der Waals surface area (Å²) in [6, 6.07) is 0. The van der Waals surface area contributed by atoms with E-state index in [4.69, 9.17) is 14.2 Å². The van der Waals surface area contributed by atoms with E-state index in [9.17, 15) is 4.79 Å².